The summed E-state index contributed by atoms with van der Waals surface area (Å²) >= 11 is 0. The van der Waals surface area contributed by atoms with E-state index >= 15 is 0 Å². The van der Waals surface area contributed by atoms with E-state index in [9.17, 15) is 17.6 Å². The summed E-state index contributed by atoms with van der Waals surface area (Å²) in [5.74, 6) is -3.66. The van der Waals surface area contributed by atoms with E-state index in [1.807, 2.05) is 0 Å². The molecule has 1 N–H and O–H groups in total. The monoisotopic (exact) mass is 297 g/mol. The average Bonchev–Trinajstić information content (AvgIpc) is 2.37. The first-order valence-corrected chi connectivity index (χ1v) is 6.58. The van der Waals surface area contributed by atoms with Crippen molar-refractivity contribution in [2.45, 2.75) is 19.9 Å². The van der Waals surface area contributed by atoms with Gasteiger partial charge in [0.2, 0.25) is 0 Å². The lowest BCUT2D eigenvalue weighted by Crippen LogP contribution is -2.25. The summed E-state index contributed by atoms with van der Waals surface area (Å²) in [4.78, 5) is 0. The second-order valence-corrected chi connectivity index (χ2v) is 4.80. The SMILES string of the molecule is CCNC(c1ccc(C)cc1F)c1c(F)cc(F)cc1F. The van der Waals surface area contributed by atoms with Gasteiger partial charge in [0.15, 0.2) is 0 Å². The highest BCUT2D eigenvalue weighted by Gasteiger charge is 2.24. The van der Waals surface area contributed by atoms with Crippen molar-refractivity contribution in [2.75, 3.05) is 6.54 Å². The van der Waals surface area contributed by atoms with Crippen LogP contribution in [0.2, 0.25) is 0 Å². The number of halogens is 4. The van der Waals surface area contributed by atoms with Crippen LogP contribution in [0.1, 0.15) is 29.7 Å². The van der Waals surface area contributed by atoms with Gasteiger partial charge in [-0.05, 0) is 25.1 Å². The lowest BCUT2D eigenvalue weighted by molar-refractivity contribution is 0.481. The van der Waals surface area contributed by atoms with E-state index < -0.39 is 29.3 Å². The molecule has 1 unspecified atom stereocenters. The first kappa shape index (κ1) is 15.5. The van der Waals surface area contributed by atoms with Crippen LogP contribution in [0.15, 0.2) is 30.3 Å². The lowest BCUT2D eigenvalue weighted by Gasteiger charge is -2.21. The molecule has 1 atom stereocenters. The summed E-state index contributed by atoms with van der Waals surface area (Å²) in [7, 11) is 0. The smallest absolute Gasteiger partial charge is 0.134 e. The molecule has 0 heterocycles. The van der Waals surface area contributed by atoms with Gasteiger partial charge >= 0.3 is 0 Å². The van der Waals surface area contributed by atoms with Gasteiger partial charge in [-0.25, -0.2) is 17.6 Å². The Balaban J connectivity index is 2.59. The van der Waals surface area contributed by atoms with Crippen molar-refractivity contribution in [2.24, 2.45) is 0 Å². The zero-order valence-electron chi connectivity index (χ0n) is 11.7. The summed E-state index contributed by atoms with van der Waals surface area (Å²) < 4.78 is 55.0. The van der Waals surface area contributed by atoms with Gasteiger partial charge in [-0.3, -0.25) is 0 Å². The molecular weight excluding hydrogens is 282 g/mol. The highest BCUT2D eigenvalue weighted by atomic mass is 19.1. The Morgan fingerprint density at radius 1 is 0.952 bits per heavy atom. The molecule has 0 saturated heterocycles. The fraction of sp³-hybridized carbons (Fsp3) is 0.250. The van der Waals surface area contributed by atoms with E-state index in [0.717, 1.165) is 0 Å². The predicted molar refractivity (Wildman–Crippen MR) is 73.0 cm³/mol. The number of hydrogen-bond acceptors (Lipinski definition) is 1. The number of nitrogens with one attached hydrogen (secondary N) is 1. The average molecular weight is 297 g/mol. The molecule has 0 saturated carbocycles. The van der Waals surface area contributed by atoms with Gasteiger partial charge in [0.1, 0.15) is 23.3 Å². The minimum absolute atomic E-state index is 0.117. The Morgan fingerprint density at radius 2 is 1.57 bits per heavy atom. The minimum atomic E-state index is -1.04. The number of aryl methyl sites for hydroxylation is 1. The summed E-state index contributed by atoms with van der Waals surface area (Å²) in [6.45, 7) is 3.82. The molecule has 112 valence electrons. The van der Waals surface area contributed by atoms with Crippen molar-refractivity contribution in [1.29, 1.82) is 0 Å². The standard InChI is InChI=1S/C16H15F4N/c1-3-21-16(11-5-4-9(2)6-12(11)18)15-13(19)7-10(17)8-14(15)20/h4-8,16,21H,3H2,1-2H3. The minimum Gasteiger partial charge on any atom is -0.306 e. The van der Waals surface area contributed by atoms with Crippen molar-refractivity contribution in [1.82, 2.24) is 5.32 Å². The van der Waals surface area contributed by atoms with Gasteiger partial charge in [0, 0.05) is 23.3 Å². The van der Waals surface area contributed by atoms with Crippen LogP contribution in [0.3, 0.4) is 0 Å². The zero-order chi connectivity index (χ0) is 15.6. The third-order valence-corrected chi connectivity index (χ3v) is 3.21. The van der Waals surface area contributed by atoms with Crippen LogP contribution >= 0.6 is 0 Å². The van der Waals surface area contributed by atoms with Gasteiger partial charge in [-0.15, -0.1) is 0 Å². The molecular formula is C16H15F4N. The van der Waals surface area contributed by atoms with Gasteiger partial charge in [0.05, 0.1) is 6.04 Å². The van der Waals surface area contributed by atoms with E-state index in [1.165, 1.54) is 12.1 Å². The van der Waals surface area contributed by atoms with Crippen molar-refractivity contribution in [3.8, 4) is 0 Å². The largest absolute Gasteiger partial charge is 0.306 e. The Morgan fingerprint density at radius 3 is 2.10 bits per heavy atom. The summed E-state index contributed by atoms with van der Waals surface area (Å²) in [5, 5.41) is 2.83. The third kappa shape index (κ3) is 3.24. The van der Waals surface area contributed by atoms with Crippen LogP contribution in [0, 0.1) is 30.2 Å². The van der Waals surface area contributed by atoms with E-state index in [2.05, 4.69) is 5.32 Å². The highest BCUT2D eigenvalue weighted by molar-refractivity contribution is 5.36. The van der Waals surface area contributed by atoms with Crippen molar-refractivity contribution in [3.63, 3.8) is 0 Å². The van der Waals surface area contributed by atoms with Gasteiger partial charge in [0.25, 0.3) is 0 Å². The molecule has 0 bridgehead atoms. The normalized spacial score (nSPS) is 12.5. The lowest BCUT2D eigenvalue weighted by atomic mass is 9.96. The van der Waals surface area contributed by atoms with Gasteiger partial charge in [-0.2, -0.15) is 0 Å². The molecule has 0 radical (unpaired) electrons. The summed E-state index contributed by atoms with van der Waals surface area (Å²) in [5.41, 5.74) is 0.430. The first-order chi connectivity index (χ1) is 9.93. The number of hydrogen-bond donors (Lipinski definition) is 1. The molecule has 1 nitrogen and oxygen atoms in total. The highest BCUT2D eigenvalue weighted by Crippen LogP contribution is 2.29. The van der Waals surface area contributed by atoms with Crippen LogP contribution in [0.25, 0.3) is 0 Å². The zero-order valence-corrected chi connectivity index (χ0v) is 11.7. The maximum Gasteiger partial charge on any atom is 0.134 e. The fourth-order valence-corrected chi connectivity index (χ4v) is 2.27. The number of rotatable bonds is 4. The Hall–Kier alpha value is -1.88. The third-order valence-electron chi connectivity index (χ3n) is 3.21. The molecule has 0 spiro atoms. The van der Waals surface area contributed by atoms with Gasteiger partial charge < -0.3 is 5.32 Å². The molecule has 0 amide bonds. The molecule has 0 aliphatic rings. The Labute approximate surface area is 120 Å². The van der Waals surface area contributed by atoms with Crippen molar-refractivity contribution < 1.29 is 17.6 Å². The molecule has 2 aromatic rings. The quantitative estimate of drug-likeness (QED) is 0.832. The van der Waals surface area contributed by atoms with Crippen molar-refractivity contribution in [3.05, 3.63) is 70.3 Å². The van der Waals surface area contributed by atoms with E-state index in [0.29, 0.717) is 24.2 Å². The topological polar surface area (TPSA) is 12.0 Å². The van der Waals surface area contributed by atoms with E-state index in [1.54, 1.807) is 19.9 Å². The van der Waals surface area contributed by atoms with Crippen LogP contribution in [-0.4, -0.2) is 6.54 Å². The molecule has 5 heteroatoms. The van der Waals surface area contributed by atoms with Crippen LogP contribution in [-0.2, 0) is 0 Å². The molecule has 0 aromatic heterocycles. The van der Waals surface area contributed by atoms with Crippen molar-refractivity contribution >= 4 is 0 Å². The second-order valence-electron chi connectivity index (χ2n) is 4.80. The Bertz CT molecular complexity index is 632. The summed E-state index contributed by atoms with van der Waals surface area (Å²) in [6, 6.07) is 4.58. The molecule has 0 aliphatic heterocycles. The van der Waals surface area contributed by atoms with Crippen LogP contribution < -0.4 is 5.32 Å². The van der Waals surface area contributed by atoms with Gasteiger partial charge in [-0.1, -0.05) is 19.1 Å². The molecule has 21 heavy (non-hydrogen) atoms. The first-order valence-electron chi connectivity index (χ1n) is 6.58. The molecule has 2 aromatic carbocycles. The Kier molecular flexibility index (Phi) is 4.63. The molecule has 2 rings (SSSR count). The maximum absolute atomic E-state index is 14.1. The van der Waals surface area contributed by atoms with Crippen LogP contribution in [0.4, 0.5) is 17.6 Å². The maximum atomic E-state index is 14.1. The summed E-state index contributed by atoms with van der Waals surface area (Å²) in [6.07, 6.45) is 0. The molecule has 0 fully saturated rings. The predicted octanol–water partition coefficient (Wildman–Crippen LogP) is 4.25. The van der Waals surface area contributed by atoms with E-state index in [-0.39, 0.29) is 11.1 Å². The fourth-order valence-electron chi connectivity index (χ4n) is 2.27. The van der Waals surface area contributed by atoms with E-state index in [4.69, 9.17) is 0 Å². The second kappa shape index (κ2) is 6.26. The van der Waals surface area contributed by atoms with Crippen LogP contribution in [0.5, 0.6) is 0 Å². The molecule has 0 aliphatic carbocycles. The number of benzene rings is 2.